The maximum absolute atomic E-state index is 12.6. The van der Waals surface area contributed by atoms with Crippen LogP contribution in [0, 0.1) is 6.92 Å². The van der Waals surface area contributed by atoms with Crippen molar-refractivity contribution >= 4 is 27.8 Å². The van der Waals surface area contributed by atoms with Crippen LogP contribution >= 0.6 is 0 Å². The standard InChI is InChI=1S/C19H21NO4S/c1-4-15-7-8-16(9-12-19(21)24-3)18(13-15)20-25(22,23)17-10-5-14(2)6-11-17/h5-13,20H,4H2,1-3H3. The molecule has 25 heavy (non-hydrogen) atoms. The third-order valence-corrected chi connectivity index (χ3v) is 5.08. The summed E-state index contributed by atoms with van der Waals surface area (Å²) in [7, 11) is -2.44. The van der Waals surface area contributed by atoms with Crippen LogP contribution in [0.4, 0.5) is 5.69 Å². The van der Waals surface area contributed by atoms with Crippen LogP contribution in [-0.2, 0) is 26.0 Å². The fourth-order valence-electron chi connectivity index (χ4n) is 2.20. The van der Waals surface area contributed by atoms with E-state index < -0.39 is 16.0 Å². The minimum atomic E-state index is -3.72. The first-order valence-electron chi connectivity index (χ1n) is 7.84. The molecule has 0 aliphatic carbocycles. The lowest BCUT2D eigenvalue weighted by molar-refractivity contribution is -0.134. The monoisotopic (exact) mass is 359 g/mol. The molecule has 0 fully saturated rings. The molecular weight excluding hydrogens is 338 g/mol. The normalized spacial score (nSPS) is 11.5. The van der Waals surface area contributed by atoms with Gasteiger partial charge in [0.1, 0.15) is 0 Å². The van der Waals surface area contributed by atoms with Crippen molar-refractivity contribution in [1.29, 1.82) is 0 Å². The van der Waals surface area contributed by atoms with E-state index in [0.717, 1.165) is 17.5 Å². The zero-order chi connectivity index (χ0) is 18.4. The number of methoxy groups -OCH3 is 1. The van der Waals surface area contributed by atoms with Gasteiger partial charge in [0.2, 0.25) is 0 Å². The van der Waals surface area contributed by atoms with Crippen LogP contribution < -0.4 is 4.72 Å². The second-order valence-electron chi connectivity index (χ2n) is 5.55. The summed E-state index contributed by atoms with van der Waals surface area (Å²) in [5.41, 5.74) is 2.96. The van der Waals surface area contributed by atoms with Gasteiger partial charge in [-0.3, -0.25) is 4.72 Å². The number of sulfonamides is 1. The smallest absolute Gasteiger partial charge is 0.330 e. The Bertz CT molecular complexity index is 884. The van der Waals surface area contributed by atoms with Gasteiger partial charge in [-0.2, -0.15) is 0 Å². The van der Waals surface area contributed by atoms with Gasteiger partial charge in [0.05, 0.1) is 17.7 Å². The van der Waals surface area contributed by atoms with Gasteiger partial charge in [-0.05, 0) is 48.7 Å². The first kappa shape index (κ1) is 18.7. The zero-order valence-corrected chi connectivity index (χ0v) is 15.3. The summed E-state index contributed by atoms with van der Waals surface area (Å²) < 4.78 is 32.4. The zero-order valence-electron chi connectivity index (χ0n) is 14.4. The molecule has 5 nitrogen and oxygen atoms in total. The summed E-state index contributed by atoms with van der Waals surface area (Å²) in [6.07, 6.45) is 3.54. The maximum atomic E-state index is 12.6. The Morgan fingerprint density at radius 1 is 1.16 bits per heavy atom. The highest BCUT2D eigenvalue weighted by atomic mass is 32.2. The molecule has 0 unspecified atom stereocenters. The molecule has 6 heteroatoms. The van der Waals surface area contributed by atoms with E-state index in [4.69, 9.17) is 0 Å². The van der Waals surface area contributed by atoms with Crippen molar-refractivity contribution in [2.24, 2.45) is 0 Å². The molecule has 0 bridgehead atoms. The summed E-state index contributed by atoms with van der Waals surface area (Å²) in [6, 6.07) is 12.0. The van der Waals surface area contributed by atoms with Crippen molar-refractivity contribution in [3.8, 4) is 0 Å². The number of hydrogen-bond donors (Lipinski definition) is 1. The highest BCUT2D eigenvalue weighted by Crippen LogP contribution is 2.24. The van der Waals surface area contributed by atoms with Crippen LogP contribution in [0.5, 0.6) is 0 Å². The van der Waals surface area contributed by atoms with Crippen molar-refractivity contribution < 1.29 is 17.9 Å². The lowest BCUT2D eigenvalue weighted by Crippen LogP contribution is -2.14. The number of carbonyl (C=O) groups excluding carboxylic acids is 1. The first-order valence-corrected chi connectivity index (χ1v) is 9.32. The van der Waals surface area contributed by atoms with Gasteiger partial charge >= 0.3 is 5.97 Å². The second kappa shape index (κ2) is 7.98. The Hall–Kier alpha value is -2.60. The predicted molar refractivity (Wildman–Crippen MR) is 98.9 cm³/mol. The maximum Gasteiger partial charge on any atom is 0.330 e. The minimum Gasteiger partial charge on any atom is -0.466 e. The Morgan fingerprint density at radius 3 is 2.44 bits per heavy atom. The summed E-state index contributed by atoms with van der Waals surface area (Å²) in [5.74, 6) is -0.507. The number of hydrogen-bond acceptors (Lipinski definition) is 4. The van der Waals surface area contributed by atoms with Crippen molar-refractivity contribution in [2.75, 3.05) is 11.8 Å². The molecule has 0 saturated heterocycles. The fourth-order valence-corrected chi connectivity index (χ4v) is 3.28. The van der Waals surface area contributed by atoms with Crippen LogP contribution in [0.1, 0.15) is 23.6 Å². The molecule has 2 aromatic rings. The van der Waals surface area contributed by atoms with E-state index in [1.165, 1.54) is 19.3 Å². The molecule has 0 heterocycles. The van der Waals surface area contributed by atoms with Crippen molar-refractivity contribution in [2.45, 2.75) is 25.2 Å². The van der Waals surface area contributed by atoms with E-state index in [1.807, 2.05) is 19.9 Å². The van der Waals surface area contributed by atoms with Crippen LogP contribution in [0.3, 0.4) is 0 Å². The number of nitrogens with one attached hydrogen (secondary N) is 1. The molecule has 0 aromatic heterocycles. The Morgan fingerprint density at radius 2 is 1.84 bits per heavy atom. The molecule has 0 aliphatic heterocycles. The van der Waals surface area contributed by atoms with Gasteiger partial charge < -0.3 is 4.74 Å². The van der Waals surface area contributed by atoms with Crippen LogP contribution in [-0.4, -0.2) is 21.5 Å². The first-order chi connectivity index (χ1) is 11.9. The van der Waals surface area contributed by atoms with Crippen LogP contribution in [0.25, 0.3) is 6.08 Å². The topological polar surface area (TPSA) is 72.5 Å². The van der Waals surface area contributed by atoms with E-state index in [0.29, 0.717) is 11.3 Å². The predicted octanol–water partition coefficient (Wildman–Crippen LogP) is 3.54. The van der Waals surface area contributed by atoms with E-state index >= 15 is 0 Å². The van der Waals surface area contributed by atoms with Crippen molar-refractivity contribution in [1.82, 2.24) is 0 Å². The van der Waals surface area contributed by atoms with Gasteiger partial charge in [0.15, 0.2) is 0 Å². The molecule has 0 aliphatic rings. The minimum absolute atomic E-state index is 0.183. The quantitative estimate of drug-likeness (QED) is 0.632. The Balaban J connectivity index is 2.40. The van der Waals surface area contributed by atoms with Crippen molar-refractivity contribution in [3.63, 3.8) is 0 Å². The number of aryl methyl sites for hydroxylation is 2. The van der Waals surface area contributed by atoms with E-state index in [1.54, 1.807) is 36.4 Å². The summed E-state index contributed by atoms with van der Waals surface area (Å²) in [5, 5.41) is 0. The van der Waals surface area contributed by atoms with Crippen molar-refractivity contribution in [3.05, 3.63) is 65.2 Å². The van der Waals surface area contributed by atoms with E-state index in [2.05, 4.69) is 9.46 Å². The molecule has 0 amide bonds. The van der Waals surface area contributed by atoms with Crippen LogP contribution in [0.2, 0.25) is 0 Å². The second-order valence-corrected chi connectivity index (χ2v) is 7.23. The SMILES string of the molecule is CCc1ccc(C=CC(=O)OC)c(NS(=O)(=O)c2ccc(C)cc2)c1. The highest BCUT2D eigenvalue weighted by Gasteiger charge is 2.15. The van der Waals surface area contributed by atoms with E-state index in [9.17, 15) is 13.2 Å². The van der Waals surface area contributed by atoms with Gasteiger partial charge in [-0.25, -0.2) is 13.2 Å². The molecule has 2 rings (SSSR count). The number of benzene rings is 2. The van der Waals surface area contributed by atoms with E-state index in [-0.39, 0.29) is 4.90 Å². The molecule has 0 saturated carbocycles. The molecule has 2 aromatic carbocycles. The van der Waals surface area contributed by atoms with Gasteiger partial charge in [-0.15, -0.1) is 0 Å². The Kier molecular flexibility index (Phi) is 5.98. The average molecular weight is 359 g/mol. The summed E-state index contributed by atoms with van der Waals surface area (Å²) in [4.78, 5) is 11.5. The molecular formula is C19H21NO4S. The largest absolute Gasteiger partial charge is 0.466 e. The number of esters is 1. The van der Waals surface area contributed by atoms with Gasteiger partial charge in [-0.1, -0.05) is 36.8 Å². The van der Waals surface area contributed by atoms with Crippen LogP contribution in [0.15, 0.2) is 53.4 Å². The number of rotatable bonds is 6. The lowest BCUT2D eigenvalue weighted by Gasteiger charge is -2.12. The molecule has 1 N–H and O–H groups in total. The number of carbonyl (C=O) groups is 1. The average Bonchev–Trinajstić information content (AvgIpc) is 2.60. The van der Waals surface area contributed by atoms with Gasteiger partial charge in [0.25, 0.3) is 10.0 Å². The highest BCUT2D eigenvalue weighted by molar-refractivity contribution is 7.92. The lowest BCUT2D eigenvalue weighted by atomic mass is 10.1. The number of ether oxygens (including phenoxy) is 1. The molecule has 132 valence electrons. The molecule has 0 radical (unpaired) electrons. The molecule has 0 spiro atoms. The van der Waals surface area contributed by atoms with Gasteiger partial charge in [0, 0.05) is 6.08 Å². The summed E-state index contributed by atoms with van der Waals surface area (Å²) in [6.45, 7) is 3.88. The Labute approximate surface area is 148 Å². The fraction of sp³-hybridized carbons (Fsp3) is 0.211. The molecule has 0 atom stereocenters. The third kappa shape index (κ3) is 4.93. The number of anilines is 1. The summed E-state index contributed by atoms with van der Waals surface area (Å²) >= 11 is 0. The third-order valence-electron chi connectivity index (χ3n) is 3.70.